The lowest BCUT2D eigenvalue weighted by molar-refractivity contribution is 0.242. The van der Waals surface area contributed by atoms with Gasteiger partial charge in [0.25, 0.3) is 0 Å². The van der Waals surface area contributed by atoms with Crippen molar-refractivity contribution in [2.45, 2.75) is 39.3 Å². The van der Waals surface area contributed by atoms with Crippen molar-refractivity contribution in [1.29, 1.82) is 0 Å². The molecule has 0 saturated carbocycles. The monoisotopic (exact) mass is 288 g/mol. The molecule has 0 fully saturated rings. The van der Waals surface area contributed by atoms with Crippen LogP contribution in [0.4, 0.5) is 0 Å². The van der Waals surface area contributed by atoms with Crippen molar-refractivity contribution in [2.75, 3.05) is 6.54 Å². The summed E-state index contributed by atoms with van der Waals surface area (Å²) in [5, 5.41) is 11.7. The first-order chi connectivity index (χ1) is 10.1. The molecule has 1 atom stereocenters. The van der Waals surface area contributed by atoms with Crippen LogP contribution in [0.2, 0.25) is 0 Å². The zero-order valence-corrected chi connectivity index (χ0v) is 13.2. The Labute approximate surface area is 126 Å². The van der Waals surface area contributed by atoms with E-state index in [0.29, 0.717) is 0 Å². The number of hydrogen-bond donors (Lipinski definition) is 1. The normalized spacial score (nSPS) is 12.6. The fourth-order valence-electron chi connectivity index (χ4n) is 2.33. The molecule has 1 aromatic carbocycles. The number of aryl methyl sites for hydroxylation is 1. The van der Waals surface area contributed by atoms with Gasteiger partial charge in [-0.05, 0) is 38.1 Å². The molecule has 1 heterocycles. The number of nitrogens with zero attached hydrogens (tertiary/aromatic N) is 3. The number of nitrogens with one attached hydrogen (secondary N) is 1. The fourth-order valence-corrected chi connectivity index (χ4v) is 2.33. The summed E-state index contributed by atoms with van der Waals surface area (Å²) in [6, 6.07) is 8.46. The zero-order chi connectivity index (χ0) is 15.2. The summed E-state index contributed by atoms with van der Waals surface area (Å²) in [5.74, 6) is 0.907. The summed E-state index contributed by atoms with van der Waals surface area (Å²) in [5.41, 5.74) is 2.19. The quantitative estimate of drug-likeness (QED) is 0.850. The third kappa shape index (κ3) is 4.56. The van der Waals surface area contributed by atoms with Crippen LogP contribution in [0.3, 0.4) is 0 Å². The van der Waals surface area contributed by atoms with E-state index in [0.717, 1.165) is 24.4 Å². The lowest BCUT2D eigenvalue weighted by Crippen LogP contribution is -2.23. The highest BCUT2D eigenvalue weighted by atomic mass is 16.5. The molecule has 0 bridgehead atoms. The molecule has 2 aromatic rings. The van der Waals surface area contributed by atoms with Gasteiger partial charge in [0, 0.05) is 25.7 Å². The van der Waals surface area contributed by atoms with Crippen molar-refractivity contribution >= 4 is 0 Å². The van der Waals surface area contributed by atoms with Gasteiger partial charge in [-0.3, -0.25) is 4.68 Å². The predicted molar refractivity (Wildman–Crippen MR) is 83.3 cm³/mol. The first-order valence-corrected chi connectivity index (χ1v) is 7.43. The highest BCUT2D eigenvalue weighted by molar-refractivity contribution is 5.31. The molecule has 0 aliphatic carbocycles. The molecule has 0 aliphatic rings. The van der Waals surface area contributed by atoms with Crippen LogP contribution < -0.4 is 10.1 Å². The van der Waals surface area contributed by atoms with E-state index in [1.807, 2.05) is 39.2 Å². The van der Waals surface area contributed by atoms with E-state index in [1.165, 1.54) is 5.56 Å². The smallest absolute Gasteiger partial charge is 0.120 e. The Morgan fingerprint density at radius 2 is 2.14 bits per heavy atom. The van der Waals surface area contributed by atoms with Gasteiger partial charge in [-0.1, -0.05) is 24.3 Å². The Balaban J connectivity index is 2.17. The minimum absolute atomic E-state index is 0.179. The van der Waals surface area contributed by atoms with Gasteiger partial charge in [-0.25, -0.2) is 0 Å². The molecular weight excluding hydrogens is 264 g/mol. The summed E-state index contributed by atoms with van der Waals surface area (Å²) >= 11 is 0. The molecular formula is C16H24N4O. The van der Waals surface area contributed by atoms with Crippen LogP contribution in [0.15, 0.2) is 30.5 Å². The van der Waals surface area contributed by atoms with E-state index in [2.05, 4.69) is 34.7 Å². The zero-order valence-electron chi connectivity index (χ0n) is 13.2. The highest BCUT2D eigenvalue weighted by Gasteiger charge is 2.14. The van der Waals surface area contributed by atoms with E-state index >= 15 is 0 Å². The summed E-state index contributed by atoms with van der Waals surface area (Å²) in [6.07, 6.45) is 2.95. The molecule has 5 nitrogen and oxygen atoms in total. The Morgan fingerprint density at radius 1 is 1.33 bits per heavy atom. The van der Waals surface area contributed by atoms with Crippen molar-refractivity contribution in [3.8, 4) is 5.75 Å². The van der Waals surface area contributed by atoms with Gasteiger partial charge in [-0.2, -0.15) is 0 Å². The first-order valence-electron chi connectivity index (χ1n) is 7.43. The SMILES string of the molecule is CCNC(Cc1cn(C)nn1)c1cccc(OC(C)C)c1. The maximum absolute atomic E-state index is 5.78. The maximum atomic E-state index is 5.78. The molecule has 21 heavy (non-hydrogen) atoms. The van der Waals surface area contributed by atoms with Crippen LogP contribution in [0.5, 0.6) is 5.75 Å². The van der Waals surface area contributed by atoms with Crippen molar-refractivity contribution in [3.05, 3.63) is 41.7 Å². The summed E-state index contributed by atoms with van der Waals surface area (Å²) in [6.45, 7) is 7.08. The van der Waals surface area contributed by atoms with Crippen LogP contribution in [0.1, 0.15) is 38.1 Å². The Kier molecular flexibility index (Phi) is 5.33. The van der Waals surface area contributed by atoms with Crippen molar-refractivity contribution in [2.24, 2.45) is 7.05 Å². The Bertz CT molecular complexity index is 565. The van der Waals surface area contributed by atoms with E-state index in [-0.39, 0.29) is 12.1 Å². The molecule has 114 valence electrons. The second kappa shape index (κ2) is 7.22. The predicted octanol–water partition coefficient (Wildman–Crippen LogP) is 2.50. The second-order valence-corrected chi connectivity index (χ2v) is 5.44. The molecule has 0 spiro atoms. The molecule has 0 aliphatic heterocycles. The average molecular weight is 288 g/mol. The number of hydrogen-bond acceptors (Lipinski definition) is 4. The summed E-state index contributed by atoms with van der Waals surface area (Å²) < 4.78 is 7.51. The van der Waals surface area contributed by atoms with E-state index in [4.69, 9.17) is 4.74 Å². The summed E-state index contributed by atoms with van der Waals surface area (Å²) in [4.78, 5) is 0. The lowest BCUT2D eigenvalue weighted by atomic mass is 10.0. The van der Waals surface area contributed by atoms with Crippen molar-refractivity contribution < 1.29 is 4.74 Å². The second-order valence-electron chi connectivity index (χ2n) is 5.44. The van der Waals surface area contributed by atoms with E-state index in [1.54, 1.807) is 4.68 Å². The Hall–Kier alpha value is -1.88. The van der Waals surface area contributed by atoms with Gasteiger partial charge in [0.15, 0.2) is 0 Å². The fraction of sp³-hybridized carbons (Fsp3) is 0.500. The van der Waals surface area contributed by atoms with Crippen molar-refractivity contribution in [3.63, 3.8) is 0 Å². The maximum Gasteiger partial charge on any atom is 0.120 e. The van der Waals surface area contributed by atoms with Gasteiger partial charge in [-0.15, -0.1) is 5.10 Å². The highest BCUT2D eigenvalue weighted by Crippen LogP contribution is 2.22. The van der Waals surface area contributed by atoms with Gasteiger partial charge >= 0.3 is 0 Å². The van der Waals surface area contributed by atoms with Crippen LogP contribution in [0, 0.1) is 0 Å². The van der Waals surface area contributed by atoms with Gasteiger partial charge in [0.2, 0.25) is 0 Å². The van der Waals surface area contributed by atoms with Gasteiger partial charge in [0.05, 0.1) is 11.8 Å². The number of ether oxygens (including phenoxy) is 1. The van der Waals surface area contributed by atoms with Crippen molar-refractivity contribution in [1.82, 2.24) is 20.3 Å². The summed E-state index contributed by atoms with van der Waals surface area (Å²) in [7, 11) is 1.88. The molecule has 0 amide bonds. The molecule has 5 heteroatoms. The van der Waals surface area contributed by atoms with Crippen LogP contribution in [0.25, 0.3) is 0 Å². The number of likely N-dealkylation sites (N-methyl/N-ethyl adjacent to an activating group) is 1. The third-order valence-electron chi connectivity index (χ3n) is 3.15. The standard InChI is InChI=1S/C16H24N4O/c1-5-17-16(10-14-11-20(4)19-18-14)13-7-6-8-15(9-13)21-12(2)3/h6-9,11-12,16-17H,5,10H2,1-4H3. The minimum atomic E-state index is 0.179. The number of aromatic nitrogens is 3. The van der Waals surface area contributed by atoms with Gasteiger partial charge in [0.1, 0.15) is 5.75 Å². The average Bonchev–Trinajstić information content (AvgIpc) is 2.83. The van der Waals surface area contributed by atoms with Crippen LogP contribution in [-0.2, 0) is 13.5 Å². The van der Waals surface area contributed by atoms with E-state index in [9.17, 15) is 0 Å². The molecule has 0 radical (unpaired) electrons. The molecule has 0 saturated heterocycles. The van der Waals surface area contributed by atoms with Crippen LogP contribution >= 0.6 is 0 Å². The molecule has 1 N–H and O–H groups in total. The topological polar surface area (TPSA) is 52.0 Å². The van der Waals surface area contributed by atoms with E-state index < -0.39 is 0 Å². The lowest BCUT2D eigenvalue weighted by Gasteiger charge is -2.18. The molecule has 1 unspecified atom stereocenters. The minimum Gasteiger partial charge on any atom is -0.491 e. The third-order valence-corrected chi connectivity index (χ3v) is 3.15. The largest absolute Gasteiger partial charge is 0.491 e. The molecule has 2 rings (SSSR count). The van der Waals surface area contributed by atoms with Crippen LogP contribution in [-0.4, -0.2) is 27.6 Å². The Morgan fingerprint density at radius 3 is 2.76 bits per heavy atom. The van der Waals surface area contributed by atoms with Gasteiger partial charge < -0.3 is 10.1 Å². The number of rotatable bonds is 7. The first kappa shape index (κ1) is 15.5. The number of benzene rings is 1. The molecule has 1 aromatic heterocycles.